The van der Waals surface area contributed by atoms with Crippen molar-refractivity contribution in [3.8, 4) is 17.2 Å². The van der Waals surface area contributed by atoms with Crippen LogP contribution in [0.25, 0.3) is 5.69 Å². The van der Waals surface area contributed by atoms with Gasteiger partial charge in [-0.05, 0) is 43.3 Å². The second-order valence-corrected chi connectivity index (χ2v) is 6.74. The number of aryl methyl sites for hydroxylation is 1. The number of nitrogens with one attached hydrogen (secondary N) is 1. The van der Waals surface area contributed by atoms with Gasteiger partial charge in [0.15, 0.2) is 11.5 Å². The maximum absolute atomic E-state index is 12.3. The molecule has 0 spiro atoms. The van der Waals surface area contributed by atoms with E-state index in [1.165, 1.54) is 20.4 Å². The minimum Gasteiger partial charge on any atom is -0.493 e. The van der Waals surface area contributed by atoms with Gasteiger partial charge < -0.3 is 9.47 Å². The Kier molecular flexibility index (Phi) is 6.41. The van der Waals surface area contributed by atoms with Crippen molar-refractivity contribution in [3.05, 3.63) is 69.5 Å². The first kappa shape index (κ1) is 20.7. The standard InChI is InChI=1S/C20H18Cl2N4O3/c1-12-16(19(22)26(25-12)15-6-4-5-14(21)10-15)11-23-24-20(27)13-7-8-17(28-2)18(9-13)29-3/h4-11H,1-3H3,(H,24,27)/b23-11+. The molecule has 1 amide bonds. The Hall–Kier alpha value is -3.03. The molecule has 3 aromatic rings. The van der Waals surface area contributed by atoms with Crippen molar-refractivity contribution in [1.29, 1.82) is 0 Å². The number of ether oxygens (including phenoxy) is 2. The molecule has 3 rings (SSSR count). The summed E-state index contributed by atoms with van der Waals surface area (Å²) in [6.45, 7) is 1.80. The van der Waals surface area contributed by atoms with Gasteiger partial charge in [-0.2, -0.15) is 10.2 Å². The number of rotatable bonds is 6. The van der Waals surface area contributed by atoms with Crippen LogP contribution in [-0.4, -0.2) is 36.1 Å². The van der Waals surface area contributed by atoms with E-state index in [2.05, 4.69) is 15.6 Å². The van der Waals surface area contributed by atoms with Crippen molar-refractivity contribution in [2.75, 3.05) is 14.2 Å². The van der Waals surface area contributed by atoms with Gasteiger partial charge in [-0.3, -0.25) is 4.79 Å². The molecule has 7 nitrogen and oxygen atoms in total. The Bertz CT molecular complexity index is 1080. The van der Waals surface area contributed by atoms with Crippen molar-refractivity contribution >= 4 is 35.3 Å². The highest BCUT2D eigenvalue weighted by Crippen LogP contribution is 2.27. The number of hydrogen-bond acceptors (Lipinski definition) is 5. The summed E-state index contributed by atoms with van der Waals surface area (Å²) in [5.41, 5.74) is 4.80. The molecular weight excluding hydrogens is 415 g/mol. The maximum Gasteiger partial charge on any atom is 0.271 e. The van der Waals surface area contributed by atoms with Crippen LogP contribution in [-0.2, 0) is 0 Å². The lowest BCUT2D eigenvalue weighted by atomic mass is 10.2. The molecule has 1 N–H and O–H groups in total. The molecule has 1 aromatic heterocycles. The molecule has 9 heteroatoms. The monoisotopic (exact) mass is 432 g/mol. The first-order valence-corrected chi connectivity index (χ1v) is 9.26. The van der Waals surface area contributed by atoms with Crippen LogP contribution in [0.1, 0.15) is 21.6 Å². The summed E-state index contributed by atoms with van der Waals surface area (Å²) < 4.78 is 11.9. The molecule has 2 aromatic carbocycles. The molecule has 0 fully saturated rings. The third-order valence-corrected chi connectivity index (χ3v) is 4.71. The first-order chi connectivity index (χ1) is 13.9. The molecule has 0 unspecified atom stereocenters. The zero-order valence-corrected chi connectivity index (χ0v) is 17.5. The number of benzene rings is 2. The van der Waals surface area contributed by atoms with Crippen molar-refractivity contribution in [2.45, 2.75) is 6.92 Å². The fourth-order valence-corrected chi connectivity index (χ4v) is 3.14. The Morgan fingerprint density at radius 3 is 2.59 bits per heavy atom. The number of carbonyl (C=O) groups excluding carboxylic acids is 1. The van der Waals surface area contributed by atoms with E-state index in [0.29, 0.717) is 38.5 Å². The van der Waals surface area contributed by atoms with Crippen LogP contribution >= 0.6 is 23.2 Å². The summed E-state index contributed by atoms with van der Waals surface area (Å²) in [6.07, 6.45) is 1.45. The van der Waals surface area contributed by atoms with E-state index >= 15 is 0 Å². The van der Waals surface area contributed by atoms with Crippen molar-refractivity contribution in [3.63, 3.8) is 0 Å². The lowest BCUT2D eigenvalue weighted by molar-refractivity contribution is 0.0954. The molecule has 1 heterocycles. The van der Waals surface area contributed by atoms with E-state index in [1.807, 2.05) is 12.1 Å². The number of amides is 1. The SMILES string of the molecule is COc1ccc(C(=O)N/N=C/c2c(C)nn(-c3cccc(Cl)c3)c2Cl)cc1OC. The number of methoxy groups -OCH3 is 2. The fraction of sp³-hybridized carbons (Fsp3) is 0.150. The summed E-state index contributed by atoms with van der Waals surface area (Å²) >= 11 is 12.5. The Morgan fingerprint density at radius 2 is 1.90 bits per heavy atom. The van der Waals surface area contributed by atoms with Gasteiger partial charge in [0.25, 0.3) is 5.91 Å². The minimum absolute atomic E-state index is 0.355. The van der Waals surface area contributed by atoms with E-state index in [4.69, 9.17) is 32.7 Å². The molecule has 0 saturated carbocycles. The zero-order chi connectivity index (χ0) is 21.0. The number of hydrazone groups is 1. The van der Waals surface area contributed by atoms with Gasteiger partial charge in [0.1, 0.15) is 5.15 Å². The fourth-order valence-electron chi connectivity index (χ4n) is 2.63. The van der Waals surface area contributed by atoms with E-state index in [-0.39, 0.29) is 0 Å². The van der Waals surface area contributed by atoms with Gasteiger partial charge in [-0.15, -0.1) is 0 Å². The molecular formula is C20H18Cl2N4O3. The van der Waals surface area contributed by atoms with Crippen LogP contribution in [0.2, 0.25) is 10.2 Å². The van der Waals surface area contributed by atoms with Gasteiger partial charge >= 0.3 is 0 Å². The third-order valence-electron chi connectivity index (χ3n) is 4.11. The van der Waals surface area contributed by atoms with Crippen LogP contribution in [0, 0.1) is 6.92 Å². The Balaban J connectivity index is 1.78. The van der Waals surface area contributed by atoms with Gasteiger partial charge in [0.05, 0.1) is 37.4 Å². The van der Waals surface area contributed by atoms with Crippen molar-refractivity contribution < 1.29 is 14.3 Å². The quantitative estimate of drug-likeness (QED) is 0.465. The van der Waals surface area contributed by atoms with Crippen LogP contribution in [0.5, 0.6) is 11.5 Å². The molecule has 0 aliphatic carbocycles. The van der Waals surface area contributed by atoms with Gasteiger partial charge in [-0.1, -0.05) is 29.3 Å². The predicted molar refractivity (Wildman–Crippen MR) is 113 cm³/mol. The van der Waals surface area contributed by atoms with Crippen molar-refractivity contribution in [1.82, 2.24) is 15.2 Å². The smallest absolute Gasteiger partial charge is 0.271 e. The Labute approximate surface area is 177 Å². The summed E-state index contributed by atoms with van der Waals surface area (Å²) in [7, 11) is 3.03. The average Bonchev–Trinajstić information content (AvgIpc) is 3.01. The number of halogens is 2. The summed E-state index contributed by atoms with van der Waals surface area (Å²) in [5.74, 6) is 0.576. The highest BCUT2D eigenvalue weighted by Gasteiger charge is 2.14. The highest BCUT2D eigenvalue weighted by molar-refractivity contribution is 6.32. The molecule has 0 aliphatic rings. The largest absolute Gasteiger partial charge is 0.493 e. The van der Waals surface area contributed by atoms with Crippen LogP contribution < -0.4 is 14.9 Å². The second kappa shape index (κ2) is 8.98. The summed E-state index contributed by atoms with van der Waals surface area (Å²) in [5, 5.41) is 9.34. The van der Waals surface area contributed by atoms with Crippen molar-refractivity contribution in [2.24, 2.45) is 5.10 Å². The molecule has 0 bridgehead atoms. The summed E-state index contributed by atoms with van der Waals surface area (Å²) in [6, 6.07) is 12.0. The lowest BCUT2D eigenvalue weighted by Crippen LogP contribution is -2.17. The van der Waals surface area contributed by atoms with Crippen LogP contribution in [0.4, 0.5) is 0 Å². The molecule has 29 heavy (non-hydrogen) atoms. The predicted octanol–water partition coefficient (Wildman–Crippen LogP) is 4.27. The molecule has 0 atom stereocenters. The third kappa shape index (κ3) is 4.52. The van der Waals surface area contributed by atoms with E-state index in [0.717, 1.165) is 5.69 Å². The lowest BCUT2D eigenvalue weighted by Gasteiger charge is -2.08. The van der Waals surface area contributed by atoms with Gasteiger partial charge in [-0.25, -0.2) is 10.1 Å². The number of nitrogens with zero attached hydrogens (tertiary/aromatic N) is 3. The number of hydrogen-bond donors (Lipinski definition) is 1. The topological polar surface area (TPSA) is 77.7 Å². The second-order valence-electron chi connectivity index (χ2n) is 5.95. The van der Waals surface area contributed by atoms with E-state index in [9.17, 15) is 4.79 Å². The average molecular weight is 433 g/mol. The van der Waals surface area contributed by atoms with E-state index in [1.54, 1.807) is 41.9 Å². The first-order valence-electron chi connectivity index (χ1n) is 8.51. The summed E-state index contributed by atoms with van der Waals surface area (Å²) in [4.78, 5) is 12.3. The zero-order valence-electron chi connectivity index (χ0n) is 15.9. The normalized spacial score (nSPS) is 10.9. The molecule has 0 aliphatic heterocycles. The minimum atomic E-state index is -0.404. The number of carbonyl (C=O) groups is 1. The molecule has 0 saturated heterocycles. The van der Waals surface area contributed by atoms with E-state index < -0.39 is 5.91 Å². The Morgan fingerprint density at radius 1 is 1.14 bits per heavy atom. The maximum atomic E-state index is 12.3. The van der Waals surface area contributed by atoms with Gasteiger partial charge in [0.2, 0.25) is 0 Å². The highest BCUT2D eigenvalue weighted by atomic mass is 35.5. The number of aromatic nitrogens is 2. The van der Waals surface area contributed by atoms with Crippen LogP contribution in [0.15, 0.2) is 47.6 Å². The van der Waals surface area contributed by atoms with Crippen LogP contribution in [0.3, 0.4) is 0 Å². The molecule has 0 radical (unpaired) electrons. The molecule has 150 valence electrons. The van der Waals surface area contributed by atoms with Gasteiger partial charge in [0, 0.05) is 10.6 Å².